The fourth-order valence-corrected chi connectivity index (χ4v) is 1.46. The topological polar surface area (TPSA) is 20.3 Å². The highest BCUT2D eigenvalue weighted by Gasteiger charge is 2.28. The maximum Gasteiger partial charge on any atom is 0.257 e. The molecule has 1 amide bonds. The van der Waals surface area contributed by atoms with E-state index >= 15 is 0 Å². The van der Waals surface area contributed by atoms with Gasteiger partial charge in [-0.05, 0) is 12.8 Å². The molecular formula is C10H16FNO. The van der Waals surface area contributed by atoms with Crippen molar-refractivity contribution in [1.29, 1.82) is 0 Å². The third kappa shape index (κ3) is 2.29. The summed E-state index contributed by atoms with van der Waals surface area (Å²) >= 11 is 0. The fraction of sp³-hybridized carbons (Fsp3) is 0.700. The summed E-state index contributed by atoms with van der Waals surface area (Å²) in [5, 5.41) is 0. The zero-order valence-electron chi connectivity index (χ0n) is 8.00. The molecule has 13 heavy (non-hydrogen) atoms. The van der Waals surface area contributed by atoms with Crippen molar-refractivity contribution in [3.05, 3.63) is 12.7 Å². The normalized spacial score (nSPS) is 21.2. The molecule has 2 nitrogen and oxygen atoms in total. The van der Waals surface area contributed by atoms with Gasteiger partial charge in [-0.25, -0.2) is 4.39 Å². The van der Waals surface area contributed by atoms with Crippen LogP contribution in [-0.4, -0.2) is 30.1 Å². The van der Waals surface area contributed by atoms with Crippen LogP contribution in [0.3, 0.4) is 0 Å². The summed E-state index contributed by atoms with van der Waals surface area (Å²) in [6.07, 6.45) is 2.08. The summed E-state index contributed by atoms with van der Waals surface area (Å²) in [4.78, 5) is 13.1. The van der Waals surface area contributed by atoms with Crippen LogP contribution in [0.2, 0.25) is 0 Å². The van der Waals surface area contributed by atoms with Gasteiger partial charge in [0.1, 0.15) is 0 Å². The Morgan fingerprint density at radius 2 is 2.08 bits per heavy atom. The van der Waals surface area contributed by atoms with Crippen LogP contribution in [0.5, 0.6) is 0 Å². The Morgan fingerprint density at radius 3 is 2.54 bits per heavy atom. The number of rotatable bonds is 3. The summed E-state index contributed by atoms with van der Waals surface area (Å²) in [6.45, 7) is 6.58. The first-order valence-electron chi connectivity index (χ1n) is 4.72. The number of allylic oxidation sites excluding steroid dienone is 1. The first-order valence-corrected chi connectivity index (χ1v) is 4.72. The molecule has 74 valence electrons. The van der Waals surface area contributed by atoms with Gasteiger partial charge in [-0.2, -0.15) is 0 Å². The van der Waals surface area contributed by atoms with E-state index in [1.54, 1.807) is 11.8 Å². The van der Waals surface area contributed by atoms with Gasteiger partial charge in [0.15, 0.2) is 6.17 Å². The van der Waals surface area contributed by atoms with E-state index in [4.69, 9.17) is 0 Å². The minimum Gasteiger partial charge on any atom is -0.340 e. The van der Waals surface area contributed by atoms with Crippen molar-refractivity contribution in [3.8, 4) is 0 Å². The Balaban J connectivity index is 2.50. The van der Waals surface area contributed by atoms with Gasteiger partial charge in [0.05, 0.1) is 0 Å². The van der Waals surface area contributed by atoms with Gasteiger partial charge >= 0.3 is 0 Å². The molecule has 3 heteroatoms. The Kier molecular flexibility index (Phi) is 3.46. The first kappa shape index (κ1) is 10.2. The summed E-state index contributed by atoms with van der Waals surface area (Å²) in [5.41, 5.74) is 0. The van der Waals surface area contributed by atoms with Crippen LogP contribution in [0.4, 0.5) is 4.39 Å². The molecule has 0 spiro atoms. The summed E-state index contributed by atoms with van der Waals surface area (Å²) in [6, 6.07) is 0. The zero-order chi connectivity index (χ0) is 9.84. The van der Waals surface area contributed by atoms with Gasteiger partial charge in [0.2, 0.25) is 0 Å². The van der Waals surface area contributed by atoms with Gasteiger partial charge in [-0.1, -0.05) is 13.0 Å². The number of nitrogens with zero attached hydrogens (tertiary/aromatic N) is 1. The second kappa shape index (κ2) is 4.40. The summed E-state index contributed by atoms with van der Waals surface area (Å²) < 4.78 is 13.4. The predicted octanol–water partition coefficient (Wildman–Crippen LogP) is 1.77. The van der Waals surface area contributed by atoms with Crippen molar-refractivity contribution in [1.82, 2.24) is 4.90 Å². The molecule has 2 atom stereocenters. The quantitative estimate of drug-likeness (QED) is 0.614. The average Bonchev–Trinajstić information content (AvgIpc) is 2.67. The van der Waals surface area contributed by atoms with E-state index in [0.717, 1.165) is 12.8 Å². The van der Waals surface area contributed by atoms with Gasteiger partial charge in [-0.3, -0.25) is 4.79 Å². The largest absolute Gasteiger partial charge is 0.340 e. The smallest absolute Gasteiger partial charge is 0.257 e. The molecule has 0 radical (unpaired) electrons. The second-order valence-corrected chi connectivity index (χ2v) is 3.53. The van der Waals surface area contributed by atoms with E-state index in [1.807, 2.05) is 0 Å². The lowest BCUT2D eigenvalue weighted by Crippen LogP contribution is -2.37. The van der Waals surface area contributed by atoms with Crippen LogP contribution in [0, 0.1) is 5.92 Å². The van der Waals surface area contributed by atoms with Crippen molar-refractivity contribution >= 4 is 5.91 Å². The third-order valence-corrected chi connectivity index (χ3v) is 2.49. The predicted molar refractivity (Wildman–Crippen MR) is 50.1 cm³/mol. The Bertz CT molecular complexity index is 199. The van der Waals surface area contributed by atoms with Crippen LogP contribution in [0.15, 0.2) is 12.7 Å². The molecule has 1 rings (SSSR count). The van der Waals surface area contributed by atoms with Crippen LogP contribution in [-0.2, 0) is 4.79 Å². The standard InChI is InChI=1S/C10H16FNO/c1-3-8(2)9(11)10(13)12-6-4-5-7-12/h3,8-9H,1,4-7H2,2H3/t8-,9-/m1/s1. The van der Waals surface area contributed by atoms with E-state index in [1.165, 1.54) is 6.08 Å². The van der Waals surface area contributed by atoms with Crippen molar-refractivity contribution < 1.29 is 9.18 Å². The first-order chi connectivity index (χ1) is 6.16. The number of halogens is 1. The van der Waals surface area contributed by atoms with Crippen molar-refractivity contribution in [3.63, 3.8) is 0 Å². The molecule has 1 heterocycles. The molecule has 1 aliphatic rings. The molecule has 0 aliphatic carbocycles. The number of carbonyl (C=O) groups is 1. The van der Waals surface area contributed by atoms with Crippen LogP contribution >= 0.6 is 0 Å². The van der Waals surface area contributed by atoms with Crippen molar-refractivity contribution in [2.24, 2.45) is 5.92 Å². The molecule has 1 saturated heterocycles. The van der Waals surface area contributed by atoms with Gasteiger partial charge in [-0.15, -0.1) is 6.58 Å². The summed E-state index contributed by atoms with van der Waals surface area (Å²) in [5.74, 6) is -0.752. The molecule has 0 unspecified atom stereocenters. The molecule has 1 aliphatic heterocycles. The number of hydrogen-bond donors (Lipinski definition) is 0. The van der Waals surface area contributed by atoms with E-state index in [-0.39, 0.29) is 11.8 Å². The van der Waals surface area contributed by atoms with Crippen LogP contribution in [0.25, 0.3) is 0 Å². The monoisotopic (exact) mass is 185 g/mol. The Labute approximate surface area is 78.4 Å². The highest BCUT2D eigenvalue weighted by Crippen LogP contribution is 2.15. The molecule has 0 bridgehead atoms. The number of amides is 1. The lowest BCUT2D eigenvalue weighted by Gasteiger charge is -2.20. The van der Waals surface area contributed by atoms with Crippen molar-refractivity contribution in [2.75, 3.05) is 13.1 Å². The minimum absolute atomic E-state index is 0.370. The molecule has 0 aromatic heterocycles. The number of alkyl halides is 1. The molecule has 0 aromatic carbocycles. The second-order valence-electron chi connectivity index (χ2n) is 3.53. The van der Waals surface area contributed by atoms with Crippen LogP contribution < -0.4 is 0 Å². The van der Waals surface area contributed by atoms with Crippen LogP contribution in [0.1, 0.15) is 19.8 Å². The SMILES string of the molecule is C=C[C@@H](C)[C@@H](F)C(=O)N1CCCC1. The maximum absolute atomic E-state index is 13.4. The number of hydrogen-bond acceptors (Lipinski definition) is 1. The van der Waals surface area contributed by atoms with E-state index < -0.39 is 6.17 Å². The van der Waals surface area contributed by atoms with Crippen molar-refractivity contribution in [2.45, 2.75) is 25.9 Å². The summed E-state index contributed by atoms with van der Waals surface area (Å²) in [7, 11) is 0. The van der Waals surface area contributed by atoms with Gasteiger partial charge in [0, 0.05) is 19.0 Å². The maximum atomic E-state index is 13.4. The molecule has 0 saturated carbocycles. The highest BCUT2D eigenvalue weighted by atomic mass is 19.1. The molecule has 0 N–H and O–H groups in total. The minimum atomic E-state index is -1.41. The lowest BCUT2D eigenvalue weighted by molar-refractivity contribution is -0.136. The fourth-order valence-electron chi connectivity index (χ4n) is 1.46. The number of likely N-dealkylation sites (tertiary alicyclic amines) is 1. The molecular weight excluding hydrogens is 169 g/mol. The molecule has 0 aromatic rings. The average molecular weight is 185 g/mol. The Hall–Kier alpha value is -0.860. The van der Waals surface area contributed by atoms with Gasteiger partial charge in [0.25, 0.3) is 5.91 Å². The van der Waals surface area contributed by atoms with E-state index in [9.17, 15) is 9.18 Å². The molecule has 1 fully saturated rings. The number of carbonyl (C=O) groups excluding carboxylic acids is 1. The van der Waals surface area contributed by atoms with E-state index in [0.29, 0.717) is 13.1 Å². The van der Waals surface area contributed by atoms with E-state index in [2.05, 4.69) is 6.58 Å². The third-order valence-electron chi connectivity index (χ3n) is 2.49. The van der Waals surface area contributed by atoms with Gasteiger partial charge < -0.3 is 4.90 Å². The highest BCUT2D eigenvalue weighted by molar-refractivity contribution is 5.81. The zero-order valence-corrected chi connectivity index (χ0v) is 8.00. The lowest BCUT2D eigenvalue weighted by atomic mass is 10.1. The Morgan fingerprint density at radius 1 is 1.54 bits per heavy atom.